The molecule has 0 bridgehead atoms. The van der Waals surface area contributed by atoms with Crippen molar-refractivity contribution in [3.05, 3.63) is 131 Å². The first-order chi connectivity index (χ1) is 19.8. The predicted octanol–water partition coefficient (Wildman–Crippen LogP) is 7.81. The highest BCUT2D eigenvalue weighted by atomic mass is 35.5. The Bertz CT molecular complexity index is 1850. The number of methoxy groups -OCH3 is 1. The lowest BCUT2D eigenvalue weighted by atomic mass is 9.94. The molecule has 5 aromatic rings. The van der Waals surface area contributed by atoms with Gasteiger partial charge in [-0.15, -0.1) is 0 Å². The van der Waals surface area contributed by atoms with E-state index >= 15 is 0 Å². The highest BCUT2D eigenvalue weighted by molar-refractivity contribution is 6.31. The van der Waals surface area contributed by atoms with Gasteiger partial charge in [-0.25, -0.2) is 4.39 Å². The first-order valence-electron chi connectivity index (χ1n) is 12.5. The van der Waals surface area contributed by atoms with Gasteiger partial charge in [0, 0.05) is 22.2 Å². The van der Waals surface area contributed by atoms with Gasteiger partial charge in [0.05, 0.1) is 18.7 Å². The Morgan fingerprint density at radius 1 is 0.951 bits per heavy atom. The number of aliphatic hydroxyl groups excluding tert-OH is 1. The second-order valence-electron chi connectivity index (χ2n) is 9.27. The molecule has 2 heterocycles. The average molecular weight is 570 g/mol. The number of hydrogen-bond donors (Lipinski definition) is 1. The minimum absolute atomic E-state index is 0.141. The number of ketones is 1. The number of hydrogen-bond acceptors (Lipinski definition) is 6. The maximum absolute atomic E-state index is 14.3. The van der Waals surface area contributed by atoms with E-state index in [1.807, 2.05) is 18.2 Å². The van der Waals surface area contributed by atoms with Crippen molar-refractivity contribution < 1.29 is 33.0 Å². The fourth-order valence-corrected chi connectivity index (χ4v) is 5.12. The number of carbonyl (C=O) groups is 2. The number of rotatable bonds is 7. The molecule has 0 radical (unpaired) electrons. The molecule has 4 aromatic carbocycles. The van der Waals surface area contributed by atoms with Crippen molar-refractivity contribution in [1.82, 2.24) is 0 Å². The number of fused-ring (bicyclic) bond motifs is 1. The fraction of sp³-hybridized carbons (Fsp3) is 0.0625. The third-order valence-corrected chi connectivity index (χ3v) is 6.90. The Balaban J connectivity index is 1.48. The molecule has 0 saturated heterocycles. The quantitative estimate of drug-likeness (QED) is 0.201. The minimum atomic E-state index is -1.13. The molecule has 1 atom stereocenters. The summed E-state index contributed by atoms with van der Waals surface area (Å²) in [6.45, 7) is 0. The molecule has 1 unspecified atom stereocenters. The first kappa shape index (κ1) is 26.2. The number of anilines is 1. The molecule has 1 aromatic heterocycles. The molecule has 0 fully saturated rings. The van der Waals surface area contributed by atoms with Crippen molar-refractivity contribution in [2.75, 3.05) is 12.0 Å². The Kier molecular flexibility index (Phi) is 6.69. The van der Waals surface area contributed by atoms with Crippen molar-refractivity contribution >= 4 is 39.9 Å². The van der Waals surface area contributed by atoms with Crippen molar-refractivity contribution in [3.63, 3.8) is 0 Å². The summed E-state index contributed by atoms with van der Waals surface area (Å²) in [6, 6.07) is 24.7. The summed E-state index contributed by atoms with van der Waals surface area (Å²) >= 11 is 6.19. The Labute approximate surface area is 238 Å². The highest BCUT2D eigenvalue weighted by Gasteiger charge is 2.45. The zero-order chi connectivity index (χ0) is 28.7. The fourth-order valence-electron chi connectivity index (χ4n) is 4.90. The summed E-state index contributed by atoms with van der Waals surface area (Å²) in [7, 11) is 1.44. The number of Topliss-reactive ketones (excluding diaryl/α,β-unsaturated/α-hetero) is 1. The second kappa shape index (κ2) is 10.5. The van der Waals surface area contributed by atoms with E-state index in [2.05, 4.69) is 0 Å². The minimum Gasteiger partial charge on any atom is -0.503 e. The van der Waals surface area contributed by atoms with Gasteiger partial charge in [0.25, 0.3) is 5.91 Å². The van der Waals surface area contributed by atoms with Gasteiger partial charge in [-0.05, 0) is 60.2 Å². The average Bonchev–Trinajstić information content (AvgIpc) is 3.51. The zero-order valence-corrected chi connectivity index (χ0v) is 22.3. The molecule has 41 heavy (non-hydrogen) atoms. The number of benzene rings is 4. The lowest BCUT2D eigenvalue weighted by Gasteiger charge is -2.27. The highest BCUT2D eigenvalue weighted by Crippen LogP contribution is 2.44. The van der Waals surface area contributed by atoms with Gasteiger partial charge in [0.15, 0.2) is 22.9 Å². The topological polar surface area (TPSA) is 89.2 Å². The molecule has 1 N–H and O–H groups in total. The first-order valence-corrected chi connectivity index (χ1v) is 12.9. The van der Waals surface area contributed by atoms with E-state index in [-0.39, 0.29) is 22.6 Å². The Morgan fingerprint density at radius 2 is 1.71 bits per heavy atom. The SMILES string of the molecule is COc1cc(Cl)cc2cc(C(=O)C3=C(O)C(=O)N(c4cccc(F)c4)C3c3cccc(Oc4ccccc4)c3)oc12. The molecule has 9 heteroatoms. The van der Waals surface area contributed by atoms with Crippen LogP contribution in [0.1, 0.15) is 22.2 Å². The van der Waals surface area contributed by atoms with E-state index in [0.29, 0.717) is 33.2 Å². The summed E-state index contributed by atoms with van der Waals surface area (Å²) in [5, 5.41) is 12.0. The number of carbonyl (C=O) groups excluding carboxylic acids is 2. The second-order valence-corrected chi connectivity index (χ2v) is 9.71. The number of para-hydroxylation sites is 1. The largest absolute Gasteiger partial charge is 0.503 e. The summed E-state index contributed by atoms with van der Waals surface area (Å²) in [5.41, 5.74) is 0.642. The van der Waals surface area contributed by atoms with Crippen LogP contribution in [0.4, 0.5) is 10.1 Å². The molecule has 0 saturated carbocycles. The molecular weight excluding hydrogens is 549 g/mol. The number of aliphatic hydroxyl groups is 1. The van der Waals surface area contributed by atoms with E-state index in [0.717, 1.165) is 6.07 Å². The smallest absolute Gasteiger partial charge is 0.294 e. The van der Waals surface area contributed by atoms with Crippen LogP contribution in [0.5, 0.6) is 17.2 Å². The summed E-state index contributed by atoms with van der Waals surface area (Å²) in [4.78, 5) is 28.6. The van der Waals surface area contributed by atoms with E-state index < -0.39 is 29.3 Å². The number of ether oxygens (including phenoxy) is 2. The molecule has 1 amide bonds. The summed E-state index contributed by atoms with van der Waals surface area (Å²) in [6.07, 6.45) is 0. The molecule has 7 nitrogen and oxygen atoms in total. The zero-order valence-electron chi connectivity index (χ0n) is 21.5. The van der Waals surface area contributed by atoms with E-state index in [1.54, 1.807) is 48.5 Å². The van der Waals surface area contributed by atoms with E-state index in [1.165, 1.54) is 36.3 Å². The number of nitrogens with zero attached hydrogens (tertiary/aromatic N) is 1. The Hall–Kier alpha value is -5.08. The maximum Gasteiger partial charge on any atom is 0.294 e. The molecule has 204 valence electrons. The van der Waals surface area contributed by atoms with Gasteiger partial charge in [0.1, 0.15) is 17.3 Å². The van der Waals surface area contributed by atoms with Crippen LogP contribution in [-0.4, -0.2) is 23.9 Å². The van der Waals surface area contributed by atoms with Gasteiger partial charge in [-0.3, -0.25) is 14.5 Å². The van der Waals surface area contributed by atoms with E-state index in [9.17, 15) is 19.1 Å². The van der Waals surface area contributed by atoms with Crippen molar-refractivity contribution in [2.24, 2.45) is 0 Å². The van der Waals surface area contributed by atoms with Crippen LogP contribution < -0.4 is 14.4 Å². The van der Waals surface area contributed by atoms with Gasteiger partial charge in [-0.2, -0.15) is 0 Å². The van der Waals surface area contributed by atoms with Crippen LogP contribution in [0.25, 0.3) is 11.0 Å². The molecule has 6 rings (SSSR count). The van der Waals surface area contributed by atoms with Crippen LogP contribution in [0.3, 0.4) is 0 Å². The molecule has 1 aliphatic heterocycles. The van der Waals surface area contributed by atoms with Crippen molar-refractivity contribution in [3.8, 4) is 17.2 Å². The molecule has 0 aliphatic carbocycles. The number of halogens is 2. The third kappa shape index (κ3) is 4.79. The maximum atomic E-state index is 14.3. The van der Waals surface area contributed by atoms with Crippen LogP contribution in [0.15, 0.2) is 113 Å². The van der Waals surface area contributed by atoms with Crippen LogP contribution in [0, 0.1) is 5.82 Å². The number of amides is 1. The van der Waals surface area contributed by atoms with Gasteiger partial charge in [-0.1, -0.05) is 48.0 Å². The third-order valence-electron chi connectivity index (χ3n) is 6.68. The van der Waals surface area contributed by atoms with Crippen LogP contribution in [-0.2, 0) is 4.79 Å². The molecule has 0 spiro atoms. The predicted molar refractivity (Wildman–Crippen MR) is 151 cm³/mol. The van der Waals surface area contributed by atoms with Gasteiger partial charge in [0.2, 0.25) is 5.78 Å². The van der Waals surface area contributed by atoms with E-state index in [4.69, 9.17) is 25.5 Å². The van der Waals surface area contributed by atoms with Crippen LogP contribution >= 0.6 is 11.6 Å². The monoisotopic (exact) mass is 569 g/mol. The summed E-state index contributed by atoms with van der Waals surface area (Å²) < 4.78 is 31.5. The summed E-state index contributed by atoms with van der Waals surface area (Å²) in [5.74, 6) is -1.77. The normalized spacial score (nSPS) is 15.0. The van der Waals surface area contributed by atoms with Gasteiger partial charge < -0.3 is 19.0 Å². The van der Waals surface area contributed by atoms with Crippen molar-refractivity contribution in [1.29, 1.82) is 0 Å². The molecular formula is C32H21ClFNO6. The number of furan rings is 1. The molecule has 1 aliphatic rings. The lowest BCUT2D eigenvalue weighted by molar-refractivity contribution is -0.117. The van der Waals surface area contributed by atoms with Crippen LogP contribution in [0.2, 0.25) is 5.02 Å². The lowest BCUT2D eigenvalue weighted by Crippen LogP contribution is -2.31. The Morgan fingerprint density at radius 3 is 2.46 bits per heavy atom. The van der Waals surface area contributed by atoms with Crippen molar-refractivity contribution in [2.45, 2.75) is 6.04 Å². The van der Waals surface area contributed by atoms with Gasteiger partial charge >= 0.3 is 0 Å². The standard InChI is InChI=1S/C32H21ClFNO6/c1-39-26-16-20(33)13-19-15-25(41-31(19)26)29(36)27-28(35(32(38)30(27)37)22-9-6-8-21(34)17-22)18-7-5-12-24(14-18)40-23-10-3-2-4-11-23/h2-17,28,37H,1H3.